The lowest BCUT2D eigenvalue weighted by atomic mass is 10.2. The fourth-order valence-electron chi connectivity index (χ4n) is 2.49. The predicted molar refractivity (Wildman–Crippen MR) is 107 cm³/mol. The molecule has 2 N–H and O–H groups in total. The Labute approximate surface area is 164 Å². The van der Waals surface area contributed by atoms with Crippen molar-refractivity contribution in [3.8, 4) is 5.75 Å². The summed E-state index contributed by atoms with van der Waals surface area (Å²) in [5, 5.41) is 5.34. The van der Waals surface area contributed by atoms with Gasteiger partial charge in [0.2, 0.25) is 0 Å². The second kappa shape index (κ2) is 8.01. The molecule has 0 aliphatic rings. The summed E-state index contributed by atoms with van der Waals surface area (Å²) in [7, 11) is 1.57. The predicted octanol–water partition coefficient (Wildman–Crippen LogP) is 4.08. The number of aromatic amines is 1. The number of aromatic nitrogens is 2. The first kappa shape index (κ1) is 17.9. The maximum Gasteiger partial charge on any atom is 0.271 e. The minimum atomic E-state index is -0.317. The van der Waals surface area contributed by atoms with Gasteiger partial charge in [0, 0.05) is 5.56 Å². The van der Waals surface area contributed by atoms with Crippen LogP contribution in [-0.4, -0.2) is 29.2 Å². The van der Waals surface area contributed by atoms with Gasteiger partial charge in [0.1, 0.15) is 11.5 Å². The van der Waals surface area contributed by atoms with E-state index >= 15 is 0 Å². The molecule has 4 rings (SSSR count). The summed E-state index contributed by atoms with van der Waals surface area (Å²) in [6, 6.07) is 18.2. The van der Waals surface area contributed by atoms with E-state index in [0.29, 0.717) is 22.2 Å². The Morgan fingerprint density at radius 3 is 2.79 bits per heavy atom. The van der Waals surface area contributed by atoms with Crippen LogP contribution in [0.3, 0.4) is 0 Å². The molecule has 1 amide bonds. The molecule has 0 aliphatic carbocycles. The zero-order chi connectivity index (χ0) is 19.3. The maximum atomic E-state index is 12.1. The third-order valence-electron chi connectivity index (χ3n) is 3.88. The number of hydrazone groups is 1. The van der Waals surface area contributed by atoms with Gasteiger partial charge in [-0.15, -0.1) is 0 Å². The van der Waals surface area contributed by atoms with Crippen LogP contribution in [0.2, 0.25) is 0 Å². The fraction of sp³-hybridized carbons (Fsp3) is 0.0500. The molecule has 2 heterocycles. The van der Waals surface area contributed by atoms with Gasteiger partial charge in [0.15, 0.2) is 10.2 Å². The van der Waals surface area contributed by atoms with E-state index in [4.69, 9.17) is 9.15 Å². The molecular formula is C20H16N4O3S. The van der Waals surface area contributed by atoms with Gasteiger partial charge in [-0.25, -0.2) is 10.4 Å². The Hall–Kier alpha value is -3.52. The smallest absolute Gasteiger partial charge is 0.271 e. The van der Waals surface area contributed by atoms with Crippen molar-refractivity contribution in [2.75, 3.05) is 7.11 Å². The number of benzene rings is 2. The van der Waals surface area contributed by atoms with Crippen molar-refractivity contribution in [3.05, 3.63) is 72.0 Å². The minimum Gasteiger partial charge on any atom is -0.497 e. The van der Waals surface area contributed by atoms with Crippen LogP contribution in [0.25, 0.3) is 11.0 Å². The summed E-state index contributed by atoms with van der Waals surface area (Å²) in [6.45, 7) is 0. The number of H-pyrrole nitrogens is 1. The molecule has 8 heteroatoms. The van der Waals surface area contributed by atoms with Crippen LogP contribution in [0, 0.1) is 0 Å². The van der Waals surface area contributed by atoms with E-state index in [1.165, 1.54) is 18.0 Å². The van der Waals surface area contributed by atoms with Crippen molar-refractivity contribution in [2.24, 2.45) is 5.10 Å². The molecule has 0 saturated carbocycles. The SMILES string of the molecule is COc1ccc(C(=O)NN=Cc2ccc(Sc3nc4ccccc4[nH]3)o2)cc1. The average molecular weight is 392 g/mol. The summed E-state index contributed by atoms with van der Waals surface area (Å²) in [6.07, 6.45) is 1.45. The number of fused-ring (bicyclic) bond motifs is 1. The van der Waals surface area contributed by atoms with Crippen molar-refractivity contribution in [3.63, 3.8) is 0 Å². The zero-order valence-electron chi connectivity index (χ0n) is 14.9. The first-order valence-corrected chi connectivity index (χ1v) is 9.23. The number of furan rings is 1. The number of amides is 1. The Balaban J connectivity index is 1.36. The van der Waals surface area contributed by atoms with E-state index in [0.717, 1.165) is 16.2 Å². The fourth-order valence-corrected chi connectivity index (χ4v) is 3.26. The number of nitrogens with zero attached hydrogens (tertiary/aromatic N) is 2. The van der Waals surface area contributed by atoms with Gasteiger partial charge in [-0.1, -0.05) is 12.1 Å². The molecule has 0 spiro atoms. The Morgan fingerprint density at radius 2 is 2.00 bits per heavy atom. The molecule has 2 aromatic heterocycles. The highest BCUT2D eigenvalue weighted by molar-refractivity contribution is 7.99. The topological polar surface area (TPSA) is 92.5 Å². The molecule has 0 radical (unpaired) electrons. The molecule has 0 aliphatic heterocycles. The number of hydrogen-bond donors (Lipinski definition) is 2. The van der Waals surface area contributed by atoms with Gasteiger partial charge in [0.05, 0.1) is 24.4 Å². The van der Waals surface area contributed by atoms with E-state index in [2.05, 4.69) is 20.5 Å². The first-order valence-electron chi connectivity index (χ1n) is 8.41. The lowest BCUT2D eigenvalue weighted by molar-refractivity contribution is 0.0955. The largest absolute Gasteiger partial charge is 0.497 e. The number of imidazole rings is 1. The summed E-state index contributed by atoms with van der Waals surface area (Å²) < 4.78 is 10.8. The zero-order valence-corrected chi connectivity index (χ0v) is 15.7. The first-order chi connectivity index (χ1) is 13.7. The number of hydrogen-bond acceptors (Lipinski definition) is 6. The second-order valence-corrected chi connectivity index (χ2v) is 6.74. The monoisotopic (exact) mass is 392 g/mol. The number of methoxy groups -OCH3 is 1. The molecule has 2 aromatic carbocycles. The normalized spacial score (nSPS) is 11.2. The number of carbonyl (C=O) groups excluding carboxylic acids is 1. The van der Waals surface area contributed by atoms with E-state index < -0.39 is 0 Å². The highest BCUT2D eigenvalue weighted by Gasteiger charge is 2.08. The molecule has 0 atom stereocenters. The lowest BCUT2D eigenvalue weighted by Gasteiger charge is -2.01. The number of para-hydroxylation sites is 2. The third-order valence-corrected chi connectivity index (χ3v) is 4.68. The number of ether oxygens (including phenoxy) is 1. The Bertz CT molecular complexity index is 1100. The summed E-state index contributed by atoms with van der Waals surface area (Å²) in [5.74, 6) is 0.890. The van der Waals surface area contributed by atoms with Gasteiger partial charge in [-0.2, -0.15) is 5.10 Å². The summed E-state index contributed by atoms with van der Waals surface area (Å²) in [5.41, 5.74) is 4.82. The maximum absolute atomic E-state index is 12.1. The van der Waals surface area contributed by atoms with Crippen LogP contribution in [-0.2, 0) is 0 Å². The van der Waals surface area contributed by atoms with Crippen LogP contribution in [0.15, 0.2) is 80.4 Å². The third kappa shape index (κ3) is 4.07. The number of nitrogens with one attached hydrogen (secondary N) is 2. The van der Waals surface area contributed by atoms with Crippen molar-refractivity contribution < 1.29 is 13.9 Å². The second-order valence-electron chi connectivity index (χ2n) is 5.75. The van der Waals surface area contributed by atoms with E-state index in [9.17, 15) is 4.79 Å². The van der Waals surface area contributed by atoms with Crippen LogP contribution in [0.1, 0.15) is 16.1 Å². The summed E-state index contributed by atoms with van der Waals surface area (Å²) in [4.78, 5) is 19.8. The molecule has 0 saturated heterocycles. The molecule has 4 aromatic rings. The van der Waals surface area contributed by atoms with Crippen LogP contribution in [0.5, 0.6) is 5.75 Å². The number of rotatable bonds is 6. The quantitative estimate of drug-likeness (QED) is 0.381. The average Bonchev–Trinajstić information content (AvgIpc) is 3.34. The lowest BCUT2D eigenvalue weighted by Crippen LogP contribution is -2.17. The van der Waals surface area contributed by atoms with Gasteiger partial charge < -0.3 is 14.1 Å². The van der Waals surface area contributed by atoms with E-state index in [1.54, 1.807) is 37.4 Å². The van der Waals surface area contributed by atoms with E-state index in [1.807, 2.05) is 30.3 Å². The van der Waals surface area contributed by atoms with Gasteiger partial charge in [-0.3, -0.25) is 4.79 Å². The Kier molecular flexibility index (Phi) is 5.11. The summed E-state index contributed by atoms with van der Waals surface area (Å²) >= 11 is 1.38. The minimum absolute atomic E-state index is 0.317. The molecule has 0 bridgehead atoms. The standard InChI is InChI=1S/C20H16N4O3S/c1-26-14-8-6-13(7-9-14)19(25)24-21-12-15-10-11-18(27-15)28-20-22-16-4-2-3-5-17(16)23-20/h2-12H,1H3,(H,22,23)(H,24,25). The Morgan fingerprint density at radius 1 is 1.18 bits per heavy atom. The number of carbonyl (C=O) groups is 1. The van der Waals surface area contributed by atoms with Gasteiger partial charge in [-0.05, 0) is 60.3 Å². The van der Waals surface area contributed by atoms with Gasteiger partial charge >= 0.3 is 0 Å². The highest BCUT2D eigenvalue weighted by atomic mass is 32.2. The van der Waals surface area contributed by atoms with Crippen molar-refractivity contribution in [2.45, 2.75) is 10.2 Å². The molecular weight excluding hydrogens is 376 g/mol. The molecule has 28 heavy (non-hydrogen) atoms. The van der Waals surface area contributed by atoms with E-state index in [-0.39, 0.29) is 5.91 Å². The highest BCUT2D eigenvalue weighted by Crippen LogP contribution is 2.28. The van der Waals surface area contributed by atoms with Crippen molar-refractivity contribution >= 4 is 34.9 Å². The molecule has 140 valence electrons. The molecule has 0 unspecified atom stereocenters. The van der Waals surface area contributed by atoms with Crippen LogP contribution >= 0.6 is 11.8 Å². The molecule has 0 fully saturated rings. The van der Waals surface area contributed by atoms with Crippen molar-refractivity contribution in [1.29, 1.82) is 0 Å². The van der Waals surface area contributed by atoms with Crippen molar-refractivity contribution in [1.82, 2.24) is 15.4 Å². The van der Waals surface area contributed by atoms with Crippen LogP contribution in [0.4, 0.5) is 0 Å². The molecule has 7 nitrogen and oxygen atoms in total. The van der Waals surface area contributed by atoms with Gasteiger partial charge in [0.25, 0.3) is 5.91 Å². The van der Waals surface area contributed by atoms with Crippen LogP contribution < -0.4 is 10.2 Å².